The number of hydrazine groups is 1. The fourth-order valence-corrected chi connectivity index (χ4v) is 4.49. The zero-order chi connectivity index (χ0) is 10.5. The van der Waals surface area contributed by atoms with Crippen LogP contribution in [0.3, 0.4) is 0 Å². The highest BCUT2D eigenvalue weighted by Gasteiger charge is 2.51. The molecule has 4 rings (SSSR count). The van der Waals surface area contributed by atoms with Crippen molar-refractivity contribution in [3.05, 3.63) is 0 Å². The molecule has 0 aromatic rings. The van der Waals surface area contributed by atoms with Crippen LogP contribution in [0.4, 0.5) is 0 Å². The van der Waals surface area contributed by atoms with Crippen LogP contribution in [0.1, 0.15) is 38.5 Å². The summed E-state index contributed by atoms with van der Waals surface area (Å²) in [5.74, 6) is 8.43. The van der Waals surface area contributed by atoms with E-state index in [1.807, 2.05) is 0 Å². The van der Waals surface area contributed by atoms with Gasteiger partial charge in [0.25, 0.3) is 0 Å². The maximum Gasteiger partial charge on any atom is 0.203 e. The standard InChI is InChI=1S/C11H20N4/c12-10(15-13)14-11-4-7-1-8(5-11)3-9(2-7)6-11/h7-9H,1-6,13H2,(H3,12,14,15). The second kappa shape index (κ2) is 3.11. The lowest BCUT2D eigenvalue weighted by Gasteiger charge is -2.54. The smallest absolute Gasteiger partial charge is 0.203 e. The van der Waals surface area contributed by atoms with E-state index in [0.29, 0.717) is 5.96 Å². The summed E-state index contributed by atoms with van der Waals surface area (Å²) in [5.41, 5.74) is 8.32. The van der Waals surface area contributed by atoms with Crippen LogP contribution in [0.5, 0.6) is 0 Å². The summed E-state index contributed by atoms with van der Waals surface area (Å²) in [5, 5.41) is 0. The van der Waals surface area contributed by atoms with Crippen LogP contribution in [0.25, 0.3) is 0 Å². The molecule has 0 spiro atoms. The van der Waals surface area contributed by atoms with Crippen molar-refractivity contribution in [2.24, 2.45) is 34.3 Å². The molecule has 0 unspecified atom stereocenters. The van der Waals surface area contributed by atoms with E-state index in [9.17, 15) is 0 Å². The van der Waals surface area contributed by atoms with Crippen molar-refractivity contribution < 1.29 is 0 Å². The van der Waals surface area contributed by atoms with Crippen LogP contribution in [0.15, 0.2) is 4.99 Å². The molecule has 4 nitrogen and oxygen atoms in total. The number of hydrogen-bond acceptors (Lipinski definition) is 2. The first kappa shape index (κ1) is 9.46. The molecule has 0 aromatic carbocycles. The Kier molecular flexibility index (Phi) is 1.96. The Morgan fingerprint density at radius 2 is 1.53 bits per heavy atom. The average molecular weight is 208 g/mol. The summed E-state index contributed by atoms with van der Waals surface area (Å²) in [7, 11) is 0. The minimum Gasteiger partial charge on any atom is -0.369 e. The first-order valence-corrected chi connectivity index (χ1v) is 6.01. The lowest BCUT2D eigenvalue weighted by Crippen LogP contribution is -2.51. The molecule has 4 aliphatic rings. The lowest BCUT2D eigenvalue weighted by molar-refractivity contribution is 0.00147. The van der Waals surface area contributed by atoms with Crippen molar-refractivity contribution in [1.82, 2.24) is 5.43 Å². The first-order chi connectivity index (χ1) is 7.19. The van der Waals surface area contributed by atoms with Gasteiger partial charge in [-0.15, -0.1) is 0 Å². The highest BCUT2D eigenvalue weighted by Crippen LogP contribution is 2.57. The number of aliphatic imine (C=N–C) groups is 1. The van der Waals surface area contributed by atoms with Gasteiger partial charge in [0.1, 0.15) is 0 Å². The molecule has 5 N–H and O–H groups in total. The van der Waals surface area contributed by atoms with Gasteiger partial charge in [0.15, 0.2) is 0 Å². The van der Waals surface area contributed by atoms with Crippen molar-refractivity contribution in [3.8, 4) is 0 Å². The van der Waals surface area contributed by atoms with Gasteiger partial charge in [-0.2, -0.15) is 0 Å². The fraction of sp³-hybridized carbons (Fsp3) is 0.909. The van der Waals surface area contributed by atoms with Crippen LogP contribution in [0.2, 0.25) is 0 Å². The van der Waals surface area contributed by atoms with Crippen LogP contribution < -0.4 is 17.0 Å². The lowest BCUT2D eigenvalue weighted by atomic mass is 9.53. The number of guanidine groups is 1. The number of nitrogens with two attached hydrogens (primary N) is 2. The Morgan fingerprint density at radius 1 is 1.07 bits per heavy atom. The van der Waals surface area contributed by atoms with Gasteiger partial charge in [0.2, 0.25) is 5.96 Å². The van der Waals surface area contributed by atoms with Crippen molar-refractivity contribution in [1.29, 1.82) is 0 Å². The van der Waals surface area contributed by atoms with Gasteiger partial charge in [-0.3, -0.25) is 5.43 Å². The summed E-state index contributed by atoms with van der Waals surface area (Å²) in [6.45, 7) is 0. The Morgan fingerprint density at radius 3 is 1.93 bits per heavy atom. The van der Waals surface area contributed by atoms with Gasteiger partial charge in [-0.05, 0) is 56.3 Å². The molecule has 0 radical (unpaired) electrons. The number of hydrogen-bond donors (Lipinski definition) is 3. The van der Waals surface area contributed by atoms with Gasteiger partial charge in [-0.1, -0.05) is 0 Å². The van der Waals surface area contributed by atoms with E-state index < -0.39 is 0 Å². The Labute approximate surface area is 90.5 Å². The van der Waals surface area contributed by atoms with Crippen LogP contribution in [0, 0.1) is 17.8 Å². The summed E-state index contributed by atoms with van der Waals surface area (Å²) in [6.07, 6.45) is 8.02. The molecule has 4 aliphatic carbocycles. The Balaban J connectivity index is 1.87. The van der Waals surface area contributed by atoms with Crippen molar-refractivity contribution in [3.63, 3.8) is 0 Å². The molecule has 84 valence electrons. The van der Waals surface area contributed by atoms with E-state index in [1.165, 1.54) is 38.5 Å². The van der Waals surface area contributed by atoms with Gasteiger partial charge in [0, 0.05) is 0 Å². The summed E-state index contributed by atoms with van der Waals surface area (Å²) >= 11 is 0. The van der Waals surface area contributed by atoms with E-state index in [-0.39, 0.29) is 5.54 Å². The fourth-order valence-electron chi connectivity index (χ4n) is 4.49. The molecular formula is C11H20N4. The van der Waals surface area contributed by atoms with Gasteiger partial charge >= 0.3 is 0 Å². The molecule has 0 saturated heterocycles. The molecule has 15 heavy (non-hydrogen) atoms. The molecule has 0 amide bonds. The van der Waals surface area contributed by atoms with E-state index in [4.69, 9.17) is 11.6 Å². The summed E-state index contributed by atoms with van der Waals surface area (Å²) in [4.78, 5) is 4.65. The normalized spacial score (nSPS) is 48.3. The zero-order valence-corrected chi connectivity index (χ0v) is 9.08. The second-order valence-electron chi connectivity index (χ2n) is 5.78. The quantitative estimate of drug-likeness (QED) is 0.257. The Hall–Kier alpha value is -0.770. The van der Waals surface area contributed by atoms with E-state index >= 15 is 0 Å². The minimum absolute atomic E-state index is 0.144. The molecule has 4 bridgehead atoms. The number of nitrogens with one attached hydrogen (secondary N) is 1. The van der Waals surface area contributed by atoms with Crippen molar-refractivity contribution >= 4 is 5.96 Å². The topological polar surface area (TPSA) is 76.4 Å². The Bertz CT molecular complexity index is 262. The monoisotopic (exact) mass is 208 g/mol. The summed E-state index contributed by atoms with van der Waals surface area (Å²) < 4.78 is 0. The SMILES string of the molecule is NNC(N)=NC12CC3CC(CC(C3)C1)C2. The van der Waals surface area contributed by atoms with Crippen LogP contribution in [-0.2, 0) is 0 Å². The van der Waals surface area contributed by atoms with Gasteiger partial charge in [0.05, 0.1) is 5.54 Å². The molecule has 0 atom stereocenters. The highest BCUT2D eigenvalue weighted by molar-refractivity contribution is 5.77. The van der Waals surface area contributed by atoms with Crippen LogP contribution in [-0.4, -0.2) is 11.5 Å². The second-order valence-corrected chi connectivity index (χ2v) is 5.78. The van der Waals surface area contributed by atoms with Gasteiger partial charge in [-0.25, -0.2) is 10.8 Å². The van der Waals surface area contributed by atoms with E-state index in [2.05, 4.69) is 10.4 Å². The zero-order valence-electron chi connectivity index (χ0n) is 9.08. The summed E-state index contributed by atoms with van der Waals surface area (Å²) in [6, 6.07) is 0. The van der Waals surface area contributed by atoms with E-state index in [1.54, 1.807) is 0 Å². The number of rotatable bonds is 1. The third kappa shape index (κ3) is 1.51. The number of nitrogens with zero attached hydrogens (tertiary/aromatic N) is 1. The maximum atomic E-state index is 5.71. The highest BCUT2D eigenvalue weighted by atomic mass is 15.3. The van der Waals surface area contributed by atoms with Gasteiger partial charge < -0.3 is 5.73 Å². The predicted octanol–water partition coefficient (Wildman–Crippen LogP) is 0.733. The first-order valence-electron chi connectivity index (χ1n) is 6.01. The molecule has 4 saturated carbocycles. The average Bonchev–Trinajstić information content (AvgIpc) is 2.14. The molecular weight excluding hydrogens is 188 g/mol. The van der Waals surface area contributed by atoms with E-state index in [0.717, 1.165) is 17.8 Å². The molecule has 0 aliphatic heterocycles. The largest absolute Gasteiger partial charge is 0.369 e. The van der Waals surface area contributed by atoms with Crippen LogP contribution >= 0.6 is 0 Å². The van der Waals surface area contributed by atoms with Crippen molar-refractivity contribution in [2.45, 2.75) is 44.1 Å². The maximum absolute atomic E-state index is 5.71. The predicted molar refractivity (Wildman–Crippen MR) is 59.8 cm³/mol. The molecule has 0 aromatic heterocycles. The molecule has 4 heteroatoms. The molecule has 0 heterocycles. The minimum atomic E-state index is 0.144. The third-order valence-corrected chi connectivity index (χ3v) is 4.51. The molecule has 4 fully saturated rings. The third-order valence-electron chi connectivity index (χ3n) is 4.51. The van der Waals surface area contributed by atoms with Crippen molar-refractivity contribution in [2.75, 3.05) is 0 Å².